The van der Waals surface area contributed by atoms with E-state index in [0.29, 0.717) is 0 Å². The largest absolute Gasteiger partial charge is 0.454 e. The van der Waals surface area contributed by atoms with Crippen molar-refractivity contribution in [2.75, 3.05) is 5.73 Å². The zero-order valence-corrected chi connectivity index (χ0v) is 25.5. The second-order valence-electron chi connectivity index (χ2n) is 11.6. The molecule has 0 atom stereocenters. The fourth-order valence-electron chi connectivity index (χ4n) is 7.20. The van der Waals surface area contributed by atoms with Gasteiger partial charge in [-0.15, -0.1) is 11.3 Å². The number of thiophene rings is 1. The fraction of sp³-hybridized carbons (Fsp3) is 0.0256. The van der Waals surface area contributed by atoms with E-state index in [0.717, 1.165) is 77.7 Å². The van der Waals surface area contributed by atoms with Crippen molar-refractivity contribution < 1.29 is 4.42 Å². The zero-order chi connectivity index (χ0) is 30.5. The third-order valence-corrected chi connectivity index (χ3v) is 10.4. The van der Waals surface area contributed by atoms with Gasteiger partial charge in [0.05, 0.1) is 33.4 Å². The molecule has 10 rings (SSSR count). The molecule has 0 amide bonds. The van der Waals surface area contributed by atoms with Crippen molar-refractivity contribution in [3.63, 3.8) is 0 Å². The average Bonchev–Trinajstić information content (AvgIpc) is 3.83. The lowest BCUT2D eigenvalue weighted by atomic mass is 10.1. The van der Waals surface area contributed by atoms with E-state index in [2.05, 4.69) is 93.0 Å². The standard InChI is InChI=1S/C39H25N5OS/c1-2-8-29-35(40)33-27(43(29)22-9-4-3-5-10-22)16-14-24-25-15-17-28-34(39(25)46-38(24)33)37-30(11-6-19-42-37)44(28)23-13-18-31-26(21-23)36-32(45-31)12-7-20-41-36/h2-21H,40H2,1H3/b8-2-. The van der Waals surface area contributed by atoms with Gasteiger partial charge in [0.2, 0.25) is 0 Å². The quantitative estimate of drug-likeness (QED) is 0.216. The molecule has 10 aromatic rings. The fourth-order valence-corrected chi connectivity index (χ4v) is 8.60. The molecule has 0 saturated carbocycles. The number of rotatable bonds is 3. The van der Waals surface area contributed by atoms with Gasteiger partial charge in [-0.25, -0.2) is 0 Å². The van der Waals surface area contributed by atoms with Gasteiger partial charge >= 0.3 is 0 Å². The number of fused-ring (bicyclic) bond motifs is 12. The molecular weight excluding hydrogens is 587 g/mol. The van der Waals surface area contributed by atoms with Gasteiger partial charge in [-0.05, 0) is 79.7 Å². The number of nitrogens with two attached hydrogens (primary N) is 1. The van der Waals surface area contributed by atoms with Crippen molar-refractivity contribution >= 4 is 98.2 Å². The SMILES string of the molecule is C/C=C\c1c(N)c2c3sc4c(ccc5c4c4ncccc4n5-c4ccc5oc6cccnc6c5c4)c3ccc2n1-c1ccccc1. The third-order valence-electron chi connectivity index (χ3n) is 9.10. The molecule has 0 spiro atoms. The highest BCUT2D eigenvalue weighted by Crippen LogP contribution is 2.47. The summed E-state index contributed by atoms with van der Waals surface area (Å²) < 4.78 is 13.1. The van der Waals surface area contributed by atoms with Gasteiger partial charge in [0, 0.05) is 60.1 Å². The van der Waals surface area contributed by atoms with Crippen LogP contribution in [0.15, 0.2) is 120 Å². The number of hydrogen-bond donors (Lipinski definition) is 1. The second kappa shape index (κ2) is 9.30. The summed E-state index contributed by atoms with van der Waals surface area (Å²) in [6.07, 6.45) is 7.85. The average molecular weight is 612 g/mol. The van der Waals surface area contributed by atoms with Gasteiger partial charge < -0.3 is 19.3 Å². The minimum Gasteiger partial charge on any atom is -0.454 e. The van der Waals surface area contributed by atoms with E-state index in [4.69, 9.17) is 15.1 Å². The third kappa shape index (κ3) is 3.29. The number of pyridine rings is 2. The summed E-state index contributed by atoms with van der Waals surface area (Å²) in [6.45, 7) is 2.03. The first-order chi connectivity index (χ1) is 22.7. The predicted molar refractivity (Wildman–Crippen MR) is 192 cm³/mol. The van der Waals surface area contributed by atoms with E-state index in [1.165, 1.54) is 20.2 Å². The Kier molecular flexibility index (Phi) is 5.13. The van der Waals surface area contributed by atoms with E-state index in [1.54, 1.807) is 11.3 Å². The number of furan rings is 1. The Morgan fingerprint density at radius 1 is 0.652 bits per heavy atom. The molecule has 0 aliphatic rings. The monoisotopic (exact) mass is 611 g/mol. The highest BCUT2D eigenvalue weighted by Gasteiger charge is 2.23. The summed E-state index contributed by atoms with van der Waals surface area (Å²) in [7, 11) is 0. The van der Waals surface area contributed by atoms with Gasteiger partial charge in [0.1, 0.15) is 11.1 Å². The van der Waals surface area contributed by atoms with Crippen LogP contribution in [0.5, 0.6) is 0 Å². The number of nitrogen functional groups attached to an aromatic ring is 1. The van der Waals surface area contributed by atoms with E-state index in [9.17, 15) is 0 Å². The molecule has 218 valence electrons. The van der Waals surface area contributed by atoms with Crippen molar-refractivity contribution in [1.29, 1.82) is 0 Å². The first-order valence-electron chi connectivity index (χ1n) is 15.2. The van der Waals surface area contributed by atoms with Gasteiger partial charge in [0.15, 0.2) is 5.58 Å². The number of aromatic nitrogens is 4. The van der Waals surface area contributed by atoms with Crippen LogP contribution in [0.25, 0.3) is 92.5 Å². The zero-order valence-electron chi connectivity index (χ0n) is 24.7. The molecule has 0 aliphatic carbocycles. The number of benzene rings is 4. The smallest absolute Gasteiger partial charge is 0.153 e. The van der Waals surface area contributed by atoms with Crippen LogP contribution < -0.4 is 5.73 Å². The molecule has 4 aromatic carbocycles. The maximum absolute atomic E-state index is 7.02. The summed E-state index contributed by atoms with van der Waals surface area (Å²) in [5, 5.41) is 5.64. The van der Waals surface area contributed by atoms with E-state index in [1.807, 2.05) is 49.6 Å². The molecular formula is C39H25N5OS. The molecule has 2 N–H and O–H groups in total. The highest BCUT2D eigenvalue weighted by molar-refractivity contribution is 7.27. The highest BCUT2D eigenvalue weighted by atomic mass is 32.1. The lowest BCUT2D eigenvalue weighted by Crippen LogP contribution is -1.97. The number of allylic oxidation sites excluding steroid dienone is 1. The Hall–Kier alpha value is -5.92. The molecule has 6 aromatic heterocycles. The van der Waals surface area contributed by atoms with E-state index >= 15 is 0 Å². The minimum atomic E-state index is 0.787. The Bertz CT molecular complexity index is 2890. The Morgan fingerprint density at radius 2 is 1.39 bits per heavy atom. The lowest BCUT2D eigenvalue weighted by Gasteiger charge is -2.08. The van der Waals surface area contributed by atoms with Gasteiger partial charge in [-0.3, -0.25) is 9.97 Å². The maximum atomic E-state index is 7.02. The van der Waals surface area contributed by atoms with Crippen LogP contribution >= 0.6 is 11.3 Å². The van der Waals surface area contributed by atoms with Gasteiger partial charge in [-0.1, -0.05) is 36.4 Å². The first kappa shape index (κ1) is 25.4. The summed E-state index contributed by atoms with van der Waals surface area (Å²) in [4.78, 5) is 9.58. The number of nitrogens with zero attached hydrogens (tertiary/aromatic N) is 4. The Labute approximate surface area is 266 Å². The molecule has 0 unspecified atom stereocenters. The normalized spacial score (nSPS) is 12.5. The first-order valence-corrected chi connectivity index (χ1v) is 16.1. The Balaban J connectivity index is 1.30. The van der Waals surface area contributed by atoms with Crippen LogP contribution in [0, 0.1) is 0 Å². The summed E-state index contributed by atoms with van der Waals surface area (Å²) in [5.74, 6) is 0. The molecule has 0 fully saturated rings. The molecule has 6 heterocycles. The van der Waals surface area contributed by atoms with Crippen LogP contribution in [0.3, 0.4) is 0 Å². The van der Waals surface area contributed by atoms with Gasteiger partial charge in [-0.2, -0.15) is 0 Å². The van der Waals surface area contributed by atoms with Gasteiger partial charge in [0.25, 0.3) is 0 Å². The molecule has 0 bridgehead atoms. The summed E-state index contributed by atoms with van der Waals surface area (Å²) in [5.41, 5.74) is 17.6. The van der Waals surface area contributed by atoms with Crippen LogP contribution in [-0.4, -0.2) is 19.1 Å². The number of para-hydroxylation sites is 1. The number of anilines is 1. The number of hydrogen-bond acceptors (Lipinski definition) is 5. The second-order valence-corrected chi connectivity index (χ2v) is 12.6. The van der Waals surface area contributed by atoms with Crippen LogP contribution in [0.2, 0.25) is 0 Å². The molecule has 6 nitrogen and oxygen atoms in total. The molecule has 0 radical (unpaired) electrons. The Morgan fingerprint density at radius 3 is 2.20 bits per heavy atom. The molecule has 0 aliphatic heterocycles. The maximum Gasteiger partial charge on any atom is 0.153 e. The van der Waals surface area contributed by atoms with E-state index < -0.39 is 0 Å². The molecule has 7 heteroatoms. The van der Waals surface area contributed by atoms with Crippen molar-refractivity contribution in [3.8, 4) is 11.4 Å². The topological polar surface area (TPSA) is 74.8 Å². The van der Waals surface area contributed by atoms with Crippen LogP contribution in [-0.2, 0) is 0 Å². The van der Waals surface area contributed by atoms with Crippen molar-refractivity contribution in [1.82, 2.24) is 19.1 Å². The predicted octanol–water partition coefficient (Wildman–Crippen LogP) is 10.4. The summed E-state index contributed by atoms with van der Waals surface area (Å²) >= 11 is 1.80. The lowest BCUT2D eigenvalue weighted by molar-refractivity contribution is 0.668. The molecule has 0 saturated heterocycles. The van der Waals surface area contributed by atoms with Crippen molar-refractivity contribution in [2.45, 2.75) is 6.92 Å². The van der Waals surface area contributed by atoms with Crippen molar-refractivity contribution in [3.05, 3.63) is 121 Å². The summed E-state index contributed by atoms with van der Waals surface area (Å²) in [6, 6.07) is 33.7. The van der Waals surface area contributed by atoms with E-state index in [-0.39, 0.29) is 0 Å². The van der Waals surface area contributed by atoms with Crippen LogP contribution in [0.1, 0.15) is 12.6 Å². The van der Waals surface area contributed by atoms with Crippen LogP contribution in [0.4, 0.5) is 5.69 Å². The van der Waals surface area contributed by atoms with Crippen molar-refractivity contribution in [2.24, 2.45) is 0 Å². The molecule has 46 heavy (non-hydrogen) atoms. The minimum absolute atomic E-state index is 0.787.